The fraction of sp³-hybridized carbons (Fsp3) is 0.476. The zero-order valence-electron chi connectivity index (χ0n) is 19.6. The van der Waals surface area contributed by atoms with Crippen LogP contribution in [0.2, 0.25) is 0 Å². The van der Waals surface area contributed by atoms with Crippen molar-refractivity contribution >= 4 is 21.1 Å². The minimum atomic E-state index is -3.89. The van der Waals surface area contributed by atoms with E-state index in [2.05, 4.69) is 19.9 Å². The van der Waals surface area contributed by atoms with E-state index in [0.29, 0.717) is 41.1 Å². The number of aromatic amines is 1. The molecule has 0 spiro atoms. The molecule has 0 saturated carbocycles. The molecule has 0 amide bonds. The van der Waals surface area contributed by atoms with Crippen molar-refractivity contribution in [2.45, 2.75) is 31.6 Å². The van der Waals surface area contributed by atoms with Crippen molar-refractivity contribution in [3.8, 4) is 17.1 Å². The Morgan fingerprint density at radius 2 is 2.03 bits per heavy atom. The summed E-state index contributed by atoms with van der Waals surface area (Å²) in [6.07, 6.45) is 1.45. The van der Waals surface area contributed by atoms with Crippen LogP contribution in [0.1, 0.15) is 26.0 Å². The third-order valence-corrected chi connectivity index (χ3v) is 7.56. The van der Waals surface area contributed by atoms with E-state index in [1.165, 1.54) is 27.2 Å². The van der Waals surface area contributed by atoms with Crippen LogP contribution in [0, 0.1) is 16.0 Å². The maximum absolute atomic E-state index is 13.2. The number of ether oxygens (including phenoxy) is 1. The number of nitrogens with one attached hydrogen (secondary N) is 1. The van der Waals surface area contributed by atoms with Crippen molar-refractivity contribution in [3.63, 3.8) is 0 Å². The minimum Gasteiger partial charge on any atom is -0.493 e. The summed E-state index contributed by atoms with van der Waals surface area (Å²) in [5.74, 6) is 0.283. The van der Waals surface area contributed by atoms with Gasteiger partial charge in [0.15, 0.2) is 5.52 Å². The van der Waals surface area contributed by atoms with E-state index in [-0.39, 0.29) is 36.3 Å². The van der Waals surface area contributed by atoms with Gasteiger partial charge in [0.05, 0.1) is 22.8 Å². The van der Waals surface area contributed by atoms with Crippen LogP contribution >= 0.6 is 0 Å². The highest BCUT2D eigenvalue weighted by Crippen LogP contribution is 2.33. The van der Waals surface area contributed by atoms with Gasteiger partial charge in [-0.3, -0.25) is 9.48 Å². The van der Waals surface area contributed by atoms with E-state index in [4.69, 9.17) is 4.74 Å². The van der Waals surface area contributed by atoms with E-state index in [0.717, 1.165) is 6.42 Å². The minimum absolute atomic E-state index is 0.00712. The number of hydrogen-bond acceptors (Lipinski definition) is 9. The first-order valence-electron chi connectivity index (χ1n) is 11.2. The smallest absolute Gasteiger partial charge is 0.294 e. The summed E-state index contributed by atoms with van der Waals surface area (Å²) in [4.78, 5) is 35.0. The Hall–Kier alpha value is -3.52. The number of nitrogens with zero attached hydrogens (tertiary/aromatic N) is 5. The number of rotatable bonds is 10. The zero-order valence-corrected chi connectivity index (χ0v) is 20.4. The molecule has 0 bridgehead atoms. The highest BCUT2D eigenvalue weighted by Gasteiger charge is 2.37. The van der Waals surface area contributed by atoms with Crippen molar-refractivity contribution < 1.29 is 23.1 Å². The lowest BCUT2D eigenvalue weighted by Crippen LogP contribution is -2.51. The van der Waals surface area contributed by atoms with Gasteiger partial charge in [-0.15, -0.1) is 10.1 Å². The van der Waals surface area contributed by atoms with Crippen molar-refractivity contribution in [1.82, 2.24) is 24.1 Å². The second-order valence-electron chi connectivity index (χ2n) is 8.23. The van der Waals surface area contributed by atoms with Gasteiger partial charge in [0.25, 0.3) is 10.6 Å². The summed E-state index contributed by atoms with van der Waals surface area (Å²) < 4.78 is 34.8. The number of hydrogen-bond donors (Lipinski definition) is 1. The van der Waals surface area contributed by atoms with E-state index in [1.54, 1.807) is 14.0 Å². The summed E-state index contributed by atoms with van der Waals surface area (Å²) in [5, 5.41) is 13.9. The second kappa shape index (κ2) is 9.62. The molecule has 35 heavy (non-hydrogen) atoms. The number of H-pyrrole nitrogens is 1. The molecular weight excluding hydrogens is 480 g/mol. The molecule has 1 aliphatic rings. The molecule has 3 aromatic rings. The van der Waals surface area contributed by atoms with E-state index >= 15 is 0 Å². The molecule has 188 valence electrons. The van der Waals surface area contributed by atoms with E-state index in [1.807, 2.05) is 6.92 Å². The molecule has 0 unspecified atom stereocenters. The molecule has 0 radical (unpaired) electrons. The lowest BCUT2D eigenvalue weighted by molar-refractivity contribution is -0.759. The molecular formula is C21H26N6O7S. The first-order chi connectivity index (χ1) is 16.6. The molecule has 3 heterocycles. The molecule has 0 aliphatic carbocycles. The number of sulfonamides is 1. The van der Waals surface area contributed by atoms with Gasteiger partial charge < -0.3 is 14.6 Å². The first-order valence-corrected chi connectivity index (χ1v) is 12.6. The molecule has 4 rings (SSSR count). The molecule has 13 nitrogen and oxygen atoms in total. The Balaban J connectivity index is 1.73. The number of benzene rings is 1. The summed E-state index contributed by atoms with van der Waals surface area (Å²) in [6.45, 7) is 4.17. The van der Waals surface area contributed by atoms with Gasteiger partial charge in [-0.1, -0.05) is 13.3 Å². The van der Waals surface area contributed by atoms with Gasteiger partial charge in [0.2, 0.25) is 10.0 Å². The van der Waals surface area contributed by atoms with Crippen LogP contribution in [0.3, 0.4) is 0 Å². The van der Waals surface area contributed by atoms with E-state index in [9.17, 15) is 23.3 Å². The molecule has 1 aliphatic heterocycles. The van der Waals surface area contributed by atoms with Crippen LogP contribution < -0.4 is 10.3 Å². The summed E-state index contributed by atoms with van der Waals surface area (Å²) >= 11 is 0. The molecule has 0 atom stereocenters. The number of aryl methyl sites for hydroxylation is 2. The molecule has 1 aromatic carbocycles. The third kappa shape index (κ3) is 4.71. The number of aromatic nitrogens is 4. The first kappa shape index (κ1) is 24.6. The van der Waals surface area contributed by atoms with Gasteiger partial charge in [-0.05, 0) is 31.5 Å². The molecule has 14 heteroatoms. The lowest BCUT2D eigenvalue weighted by Gasteiger charge is -2.37. The highest BCUT2D eigenvalue weighted by atomic mass is 32.2. The Labute approximate surface area is 200 Å². The Morgan fingerprint density at radius 1 is 1.29 bits per heavy atom. The van der Waals surface area contributed by atoms with Gasteiger partial charge in [-0.2, -0.15) is 9.40 Å². The predicted molar refractivity (Wildman–Crippen MR) is 125 cm³/mol. The Morgan fingerprint density at radius 3 is 2.69 bits per heavy atom. The average molecular weight is 507 g/mol. The zero-order chi connectivity index (χ0) is 25.3. The maximum atomic E-state index is 13.2. The molecule has 1 saturated heterocycles. The van der Waals surface area contributed by atoms with Crippen LogP contribution in [0.4, 0.5) is 0 Å². The standard InChI is InChI=1S/C21H26N6O7S/c1-4-6-16-18-19(25(3)24-16)21(28)23-20(22-18)15-9-14(7-8-17(15)33-5-2)35(31,32)26-10-13(11-26)12-34-27(29)30/h7-9,13H,4-6,10-12H2,1-3H3,(H,22,23,28). The average Bonchev–Trinajstić information content (AvgIpc) is 3.08. The van der Waals surface area contributed by atoms with Crippen molar-refractivity contribution in [2.75, 3.05) is 26.3 Å². The van der Waals surface area contributed by atoms with Crippen molar-refractivity contribution in [3.05, 3.63) is 44.4 Å². The highest BCUT2D eigenvalue weighted by molar-refractivity contribution is 7.89. The Bertz CT molecular complexity index is 1430. The fourth-order valence-corrected chi connectivity index (χ4v) is 5.67. The third-order valence-electron chi connectivity index (χ3n) is 5.73. The van der Waals surface area contributed by atoms with Gasteiger partial charge >= 0.3 is 0 Å². The van der Waals surface area contributed by atoms with Crippen LogP contribution in [0.25, 0.3) is 22.4 Å². The molecule has 2 aromatic heterocycles. The normalized spacial score (nSPS) is 14.7. The lowest BCUT2D eigenvalue weighted by atomic mass is 10.1. The van der Waals surface area contributed by atoms with Gasteiger partial charge in [0, 0.05) is 26.1 Å². The van der Waals surface area contributed by atoms with Crippen LogP contribution in [-0.4, -0.2) is 63.9 Å². The van der Waals surface area contributed by atoms with E-state index < -0.39 is 20.7 Å². The van der Waals surface area contributed by atoms with Crippen LogP contribution in [0.5, 0.6) is 5.75 Å². The van der Waals surface area contributed by atoms with Crippen molar-refractivity contribution in [2.24, 2.45) is 13.0 Å². The van der Waals surface area contributed by atoms with Gasteiger partial charge in [0.1, 0.15) is 23.7 Å². The van der Waals surface area contributed by atoms with Gasteiger partial charge in [-0.25, -0.2) is 13.4 Å². The summed E-state index contributed by atoms with van der Waals surface area (Å²) in [5.41, 5.74) is 1.41. The Kier molecular flexibility index (Phi) is 6.76. The largest absolute Gasteiger partial charge is 0.493 e. The summed E-state index contributed by atoms with van der Waals surface area (Å²) in [6, 6.07) is 4.37. The summed E-state index contributed by atoms with van der Waals surface area (Å²) in [7, 11) is -2.21. The maximum Gasteiger partial charge on any atom is 0.294 e. The van der Waals surface area contributed by atoms with Crippen LogP contribution in [0.15, 0.2) is 27.9 Å². The van der Waals surface area contributed by atoms with Crippen molar-refractivity contribution in [1.29, 1.82) is 0 Å². The quantitative estimate of drug-likeness (QED) is 0.317. The fourth-order valence-electron chi connectivity index (χ4n) is 4.06. The predicted octanol–water partition coefficient (Wildman–Crippen LogP) is 1.50. The second-order valence-corrected chi connectivity index (χ2v) is 10.2. The number of fused-ring (bicyclic) bond motifs is 1. The molecule has 1 fully saturated rings. The SMILES string of the molecule is CCCc1nn(C)c2c(=O)[nH]c(-c3cc(S(=O)(=O)N4CC(CO[N+](=O)[O-])C4)ccc3OCC)nc12. The monoisotopic (exact) mass is 506 g/mol. The molecule has 1 N–H and O–H groups in total. The topological polar surface area (TPSA) is 163 Å². The van der Waals surface area contributed by atoms with Crippen LogP contribution in [-0.2, 0) is 28.3 Å².